The average molecular weight is 978 g/mol. The molecule has 3 heterocycles. The van der Waals surface area contributed by atoms with Gasteiger partial charge in [0.05, 0.1) is 38.6 Å². The molecule has 12 N–H and O–H groups in total. The van der Waals surface area contributed by atoms with Gasteiger partial charge in [0, 0.05) is 6.42 Å². The van der Waals surface area contributed by atoms with Crippen LogP contribution in [0.3, 0.4) is 0 Å². The molecule has 0 bridgehead atoms. The summed E-state index contributed by atoms with van der Waals surface area (Å²) in [6.45, 7) is 1.58. The summed E-state index contributed by atoms with van der Waals surface area (Å²) in [6.07, 6.45) is 4.50. The van der Waals surface area contributed by atoms with Crippen molar-refractivity contribution >= 4 is 5.91 Å². The Morgan fingerprint density at radius 1 is 0.529 bits per heavy atom. The van der Waals surface area contributed by atoms with E-state index in [1.165, 1.54) is 38.5 Å². The van der Waals surface area contributed by atoms with E-state index in [1.54, 1.807) is 6.08 Å². The lowest BCUT2D eigenvalue weighted by Crippen LogP contribution is -2.66. The molecule has 396 valence electrons. The molecule has 0 radical (unpaired) electrons. The number of carbonyl (C=O) groups is 1. The summed E-state index contributed by atoms with van der Waals surface area (Å²) in [6, 6.07) is -0.976. The molecule has 19 nitrogen and oxygen atoms in total. The highest BCUT2D eigenvalue weighted by molar-refractivity contribution is 5.76. The number of nitrogens with one attached hydrogen (secondary N) is 1. The van der Waals surface area contributed by atoms with Gasteiger partial charge >= 0.3 is 0 Å². The smallest absolute Gasteiger partial charge is 0.220 e. The highest BCUT2D eigenvalue weighted by Gasteiger charge is 2.53. The molecule has 17 unspecified atom stereocenters. The third-order valence-corrected chi connectivity index (χ3v) is 12.7. The van der Waals surface area contributed by atoms with Crippen LogP contribution in [0, 0.1) is 0 Å². The molecule has 1 amide bonds. The molecule has 0 aliphatic carbocycles. The van der Waals surface area contributed by atoms with Gasteiger partial charge in [-0.25, -0.2) is 0 Å². The highest BCUT2D eigenvalue weighted by Crippen LogP contribution is 2.33. The van der Waals surface area contributed by atoms with Crippen molar-refractivity contribution in [2.45, 2.75) is 240 Å². The summed E-state index contributed by atoms with van der Waals surface area (Å²) >= 11 is 0. The number of hydrogen-bond donors (Lipinski definition) is 12. The molecule has 17 atom stereocenters. The number of amides is 1. The van der Waals surface area contributed by atoms with E-state index < -0.39 is 124 Å². The van der Waals surface area contributed by atoms with Crippen LogP contribution in [0.5, 0.6) is 0 Å². The van der Waals surface area contributed by atoms with Crippen LogP contribution in [0.2, 0.25) is 0 Å². The van der Waals surface area contributed by atoms with E-state index in [0.717, 1.165) is 70.6 Å². The molecule has 3 aliphatic rings. The third-order valence-electron chi connectivity index (χ3n) is 12.7. The highest BCUT2D eigenvalue weighted by atomic mass is 16.8. The Hall–Kier alpha value is -1.99. The zero-order valence-electron chi connectivity index (χ0n) is 40.3. The van der Waals surface area contributed by atoms with Gasteiger partial charge in [-0.2, -0.15) is 0 Å². The minimum atomic E-state index is -1.98. The van der Waals surface area contributed by atoms with Crippen LogP contribution in [-0.2, 0) is 33.2 Å². The summed E-state index contributed by atoms with van der Waals surface area (Å²) in [5.41, 5.74) is 0. The lowest BCUT2D eigenvalue weighted by Gasteiger charge is -2.48. The Kier molecular flexibility index (Phi) is 30.5. The SMILES string of the molecule is CCCC/C=C\C/C=C\CCCCCCCC(=O)NC(COC1OC(CO)C(OC2OC(CO)C(OC3OC(CO)C(O)C(O)C3O)C(O)C2O)C(O)C1O)C(O)/C=C/CCCCCCCCC. The third kappa shape index (κ3) is 20.3. The Labute approximate surface area is 402 Å². The fourth-order valence-electron chi connectivity index (χ4n) is 8.38. The van der Waals surface area contributed by atoms with Gasteiger partial charge in [-0.15, -0.1) is 0 Å². The second kappa shape index (κ2) is 34.4. The maximum Gasteiger partial charge on any atom is 0.220 e. The first kappa shape index (κ1) is 60.3. The Morgan fingerprint density at radius 3 is 1.54 bits per heavy atom. The van der Waals surface area contributed by atoms with Gasteiger partial charge in [-0.1, -0.05) is 121 Å². The maximum absolute atomic E-state index is 13.2. The van der Waals surface area contributed by atoms with Crippen molar-refractivity contribution in [3.8, 4) is 0 Å². The largest absolute Gasteiger partial charge is 0.394 e. The van der Waals surface area contributed by atoms with Crippen molar-refractivity contribution in [3.63, 3.8) is 0 Å². The van der Waals surface area contributed by atoms with Gasteiger partial charge < -0.3 is 89.9 Å². The van der Waals surface area contributed by atoms with Gasteiger partial charge in [-0.05, 0) is 44.9 Å². The summed E-state index contributed by atoms with van der Waals surface area (Å²) in [4.78, 5) is 13.2. The zero-order chi connectivity index (χ0) is 49.8. The van der Waals surface area contributed by atoms with Crippen LogP contribution in [0.25, 0.3) is 0 Å². The van der Waals surface area contributed by atoms with Crippen LogP contribution < -0.4 is 5.32 Å². The quantitative estimate of drug-likeness (QED) is 0.0321. The van der Waals surface area contributed by atoms with Crippen LogP contribution in [0.4, 0.5) is 0 Å². The molecule has 0 aromatic rings. The van der Waals surface area contributed by atoms with Crippen LogP contribution in [-0.4, -0.2) is 193 Å². The Bertz CT molecular complexity index is 1400. The Morgan fingerprint density at radius 2 is 0.985 bits per heavy atom. The van der Waals surface area contributed by atoms with E-state index >= 15 is 0 Å². The van der Waals surface area contributed by atoms with E-state index in [1.807, 2.05) is 6.08 Å². The van der Waals surface area contributed by atoms with Crippen LogP contribution in [0.15, 0.2) is 36.5 Å². The van der Waals surface area contributed by atoms with Crippen molar-refractivity contribution in [1.29, 1.82) is 0 Å². The molecule has 0 aromatic heterocycles. The molecule has 3 saturated heterocycles. The second-order valence-corrected chi connectivity index (χ2v) is 18.3. The molecule has 19 heteroatoms. The average Bonchev–Trinajstić information content (AvgIpc) is 3.33. The minimum Gasteiger partial charge on any atom is -0.394 e. The lowest BCUT2D eigenvalue weighted by atomic mass is 9.96. The normalized spacial score (nSPS) is 33.5. The predicted octanol–water partition coefficient (Wildman–Crippen LogP) is 1.42. The van der Waals surface area contributed by atoms with E-state index in [-0.39, 0.29) is 18.9 Å². The van der Waals surface area contributed by atoms with Gasteiger partial charge in [0.2, 0.25) is 5.91 Å². The first-order valence-electron chi connectivity index (χ1n) is 25.2. The fraction of sp³-hybridized carbons (Fsp3) is 0.857. The first-order chi connectivity index (χ1) is 32.8. The minimum absolute atomic E-state index is 0.226. The van der Waals surface area contributed by atoms with Crippen molar-refractivity contribution in [2.75, 3.05) is 26.4 Å². The molecule has 3 aliphatic heterocycles. The Balaban J connectivity index is 1.57. The summed E-state index contributed by atoms with van der Waals surface area (Å²) < 4.78 is 34.0. The monoisotopic (exact) mass is 978 g/mol. The standard InChI is InChI=1S/C49H87NO18/c1-3-5-7-9-11-13-14-15-16-17-19-21-23-25-27-37(55)50-32(33(54)26-24-22-20-18-12-10-8-6-4-2)31-63-47-43(61)40(58)45(35(29-52)65-47)68-49-44(62)41(59)46(36(30-53)66-49)67-48-42(60)39(57)38(56)34(28-51)64-48/h9,11,14-15,24,26,32-36,38-49,51-54,56-62H,3-8,10,12-13,16-23,25,27-31H2,1-2H3,(H,50,55)/b11-9-,15-14-,26-24+. The first-order valence-corrected chi connectivity index (χ1v) is 25.2. The molecule has 0 aromatic carbocycles. The van der Waals surface area contributed by atoms with Gasteiger partial charge in [0.25, 0.3) is 0 Å². The number of carbonyl (C=O) groups excluding carboxylic acids is 1. The molecule has 3 rings (SSSR count). The zero-order valence-corrected chi connectivity index (χ0v) is 40.3. The van der Waals surface area contributed by atoms with Gasteiger partial charge in [0.1, 0.15) is 73.2 Å². The van der Waals surface area contributed by atoms with Crippen molar-refractivity contribution in [2.24, 2.45) is 0 Å². The van der Waals surface area contributed by atoms with E-state index in [0.29, 0.717) is 6.42 Å². The molecular formula is C49H87NO18. The van der Waals surface area contributed by atoms with Crippen molar-refractivity contribution in [3.05, 3.63) is 36.5 Å². The lowest BCUT2D eigenvalue weighted by molar-refractivity contribution is -0.379. The molecule has 68 heavy (non-hydrogen) atoms. The van der Waals surface area contributed by atoms with Crippen LogP contribution in [0.1, 0.15) is 136 Å². The second-order valence-electron chi connectivity index (χ2n) is 18.3. The summed E-state index contributed by atoms with van der Waals surface area (Å²) in [5.74, 6) is -0.296. The van der Waals surface area contributed by atoms with E-state index in [4.69, 9.17) is 28.4 Å². The maximum atomic E-state index is 13.2. The number of allylic oxidation sites excluding steroid dienone is 5. The number of aliphatic hydroxyl groups is 11. The van der Waals surface area contributed by atoms with Crippen LogP contribution >= 0.6 is 0 Å². The van der Waals surface area contributed by atoms with Gasteiger partial charge in [0.15, 0.2) is 18.9 Å². The fourth-order valence-corrected chi connectivity index (χ4v) is 8.38. The number of unbranched alkanes of at least 4 members (excludes halogenated alkanes) is 14. The molecular weight excluding hydrogens is 891 g/mol. The number of rotatable bonds is 34. The van der Waals surface area contributed by atoms with E-state index in [2.05, 4.69) is 43.5 Å². The van der Waals surface area contributed by atoms with Crippen molar-refractivity contribution in [1.82, 2.24) is 5.32 Å². The number of aliphatic hydroxyl groups excluding tert-OH is 11. The summed E-state index contributed by atoms with van der Waals surface area (Å²) in [7, 11) is 0. The number of ether oxygens (including phenoxy) is 6. The number of hydrogen-bond acceptors (Lipinski definition) is 18. The summed E-state index contributed by atoms with van der Waals surface area (Å²) in [5, 5.41) is 119. The van der Waals surface area contributed by atoms with E-state index in [9.17, 15) is 61.0 Å². The van der Waals surface area contributed by atoms with Gasteiger partial charge in [-0.3, -0.25) is 4.79 Å². The van der Waals surface area contributed by atoms with Crippen molar-refractivity contribution < 1.29 is 89.4 Å². The molecule has 0 spiro atoms. The predicted molar refractivity (Wildman–Crippen MR) is 249 cm³/mol. The molecule has 0 saturated carbocycles. The topological polar surface area (TPSA) is 307 Å². The molecule has 3 fully saturated rings.